The number of rotatable bonds is 8. The number of carboxylic acids is 1. The Bertz CT molecular complexity index is 1010. The number of nitrogens with one attached hydrogen (secondary N) is 2. The van der Waals surface area contributed by atoms with Crippen molar-refractivity contribution in [3.63, 3.8) is 0 Å². The highest BCUT2D eigenvalue weighted by Crippen LogP contribution is 2.44. The molecule has 2 amide bonds. The minimum absolute atomic E-state index is 0.0369. The fourth-order valence-corrected chi connectivity index (χ4v) is 5.16. The topological polar surface area (TPSA) is 105 Å². The van der Waals surface area contributed by atoms with Gasteiger partial charge in [0.2, 0.25) is 5.91 Å². The van der Waals surface area contributed by atoms with E-state index in [9.17, 15) is 19.5 Å². The molecule has 0 radical (unpaired) electrons. The van der Waals surface area contributed by atoms with E-state index in [0.717, 1.165) is 41.5 Å². The lowest BCUT2D eigenvalue weighted by atomic mass is 9.81. The standard InChI is InChI=1S/C27H32N2O5/c1-2-18(24(30)29-27(25(31)32)14-8-3-9-15-27)16-28-26(33)34-17-23-21-12-6-4-10-19(21)20-11-5-7-13-22(20)23/h4-7,10-13,18,23H,2-3,8-9,14-17H2,1H3,(H,28,33)(H,29,30)(H,31,32). The fraction of sp³-hybridized carbons (Fsp3) is 0.444. The Morgan fingerprint density at radius 1 is 1.00 bits per heavy atom. The smallest absolute Gasteiger partial charge is 0.407 e. The molecule has 0 heterocycles. The van der Waals surface area contributed by atoms with Crippen LogP contribution in [0.5, 0.6) is 0 Å². The van der Waals surface area contributed by atoms with Gasteiger partial charge < -0.3 is 20.5 Å². The first-order chi connectivity index (χ1) is 16.4. The number of ether oxygens (including phenoxy) is 1. The van der Waals surface area contributed by atoms with E-state index in [1.165, 1.54) is 0 Å². The molecule has 4 rings (SSSR count). The van der Waals surface area contributed by atoms with Crippen LogP contribution in [0.1, 0.15) is 62.5 Å². The molecule has 7 heteroatoms. The fourth-order valence-electron chi connectivity index (χ4n) is 5.16. The second kappa shape index (κ2) is 10.3. The number of hydrogen-bond donors (Lipinski definition) is 3. The molecule has 3 N–H and O–H groups in total. The molecule has 0 bridgehead atoms. The van der Waals surface area contributed by atoms with E-state index in [4.69, 9.17) is 4.74 Å². The molecule has 0 spiro atoms. The molecular weight excluding hydrogens is 432 g/mol. The number of alkyl carbamates (subject to hydrolysis) is 1. The maximum absolute atomic E-state index is 12.8. The Morgan fingerprint density at radius 2 is 1.59 bits per heavy atom. The Morgan fingerprint density at radius 3 is 2.15 bits per heavy atom. The maximum Gasteiger partial charge on any atom is 0.407 e. The molecule has 2 aromatic carbocycles. The lowest BCUT2D eigenvalue weighted by molar-refractivity contribution is -0.150. The third-order valence-electron chi connectivity index (χ3n) is 7.18. The first kappa shape index (κ1) is 23.8. The van der Waals surface area contributed by atoms with Crippen LogP contribution in [0.15, 0.2) is 48.5 Å². The lowest BCUT2D eigenvalue weighted by Gasteiger charge is -2.35. The predicted molar refractivity (Wildman–Crippen MR) is 128 cm³/mol. The molecule has 180 valence electrons. The minimum Gasteiger partial charge on any atom is -0.480 e. The predicted octanol–water partition coefficient (Wildman–Crippen LogP) is 4.46. The average Bonchev–Trinajstić information content (AvgIpc) is 3.17. The van der Waals surface area contributed by atoms with Gasteiger partial charge in [0.05, 0.1) is 5.92 Å². The molecule has 2 aromatic rings. The number of amides is 2. The van der Waals surface area contributed by atoms with Crippen molar-refractivity contribution >= 4 is 18.0 Å². The van der Waals surface area contributed by atoms with E-state index in [0.29, 0.717) is 19.3 Å². The second-order valence-corrected chi connectivity index (χ2v) is 9.25. The van der Waals surface area contributed by atoms with Gasteiger partial charge in [-0.15, -0.1) is 0 Å². The summed E-state index contributed by atoms with van der Waals surface area (Å²) in [6.07, 6.45) is 3.30. The molecule has 34 heavy (non-hydrogen) atoms. The number of hydrogen-bond acceptors (Lipinski definition) is 4. The number of benzene rings is 2. The Balaban J connectivity index is 1.33. The number of carbonyl (C=O) groups excluding carboxylic acids is 2. The molecule has 0 aliphatic heterocycles. The van der Waals surface area contributed by atoms with Gasteiger partial charge in [-0.05, 0) is 41.5 Å². The van der Waals surface area contributed by atoms with Crippen molar-refractivity contribution in [1.29, 1.82) is 0 Å². The van der Waals surface area contributed by atoms with E-state index in [1.807, 2.05) is 31.2 Å². The van der Waals surface area contributed by atoms with Crippen LogP contribution in [0.2, 0.25) is 0 Å². The quantitative estimate of drug-likeness (QED) is 0.535. The average molecular weight is 465 g/mol. The minimum atomic E-state index is -1.20. The van der Waals surface area contributed by atoms with Gasteiger partial charge in [0, 0.05) is 12.5 Å². The van der Waals surface area contributed by atoms with Crippen molar-refractivity contribution in [2.75, 3.05) is 13.2 Å². The van der Waals surface area contributed by atoms with Crippen LogP contribution in [0.25, 0.3) is 11.1 Å². The van der Waals surface area contributed by atoms with Crippen molar-refractivity contribution < 1.29 is 24.2 Å². The first-order valence-electron chi connectivity index (χ1n) is 12.1. The second-order valence-electron chi connectivity index (χ2n) is 9.25. The first-order valence-corrected chi connectivity index (χ1v) is 12.1. The molecule has 2 aliphatic carbocycles. The summed E-state index contributed by atoms with van der Waals surface area (Å²) in [7, 11) is 0. The SMILES string of the molecule is CCC(CNC(=O)OCC1c2ccccc2-c2ccccc21)C(=O)NC1(C(=O)O)CCCCC1. The van der Waals surface area contributed by atoms with Gasteiger partial charge in [-0.2, -0.15) is 0 Å². The Kier molecular flexibility index (Phi) is 7.20. The van der Waals surface area contributed by atoms with Crippen molar-refractivity contribution in [3.05, 3.63) is 59.7 Å². The normalized spacial score (nSPS) is 17.2. The van der Waals surface area contributed by atoms with Crippen molar-refractivity contribution in [1.82, 2.24) is 10.6 Å². The summed E-state index contributed by atoms with van der Waals surface area (Å²) in [5, 5.41) is 15.2. The Labute approximate surface area is 199 Å². The zero-order chi connectivity index (χ0) is 24.1. The molecule has 1 atom stereocenters. The molecular formula is C27H32N2O5. The van der Waals surface area contributed by atoms with E-state index in [1.54, 1.807) is 0 Å². The number of fused-ring (bicyclic) bond motifs is 3. The summed E-state index contributed by atoms with van der Waals surface area (Å²) < 4.78 is 5.55. The van der Waals surface area contributed by atoms with Crippen LogP contribution < -0.4 is 10.6 Å². The van der Waals surface area contributed by atoms with Gasteiger partial charge in [0.25, 0.3) is 0 Å². The summed E-state index contributed by atoms with van der Waals surface area (Å²) in [6.45, 7) is 2.14. The monoisotopic (exact) mass is 464 g/mol. The summed E-state index contributed by atoms with van der Waals surface area (Å²) in [6, 6.07) is 16.2. The van der Waals surface area contributed by atoms with E-state index >= 15 is 0 Å². The molecule has 2 aliphatic rings. The molecule has 0 saturated heterocycles. The highest BCUT2D eigenvalue weighted by atomic mass is 16.5. The largest absolute Gasteiger partial charge is 0.480 e. The van der Waals surface area contributed by atoms with E-state index in [2.05, 4.69) is 34.9 Å². The van der Waals surface area contributed by atoms with Crippen LogP contribution in [0, 0.1) is 5.92 Å². The maximum atomic E-state index is 12.8. The highest BCUT2D eigenvalue weighted by molar-refractivity contribution is 5.88. The third-order valence-corrected chi connectivity index (χ3v) is 7.18. The lowest BCUT2D eigenvalue weighted by Crippen LogP contribution is -2.57. The van der Waals surface area contributed by atoms with Crippen LogP contribution >= 0.6 is 0 Å². The van der Waals surface area contributed by atoms with Gasteiger partial charge in [-0.25, -0.2) is 9.59 Å². The van der Waals surface area contributed by atoms with Crippen LogP contribution in [-0.4, -0.2) is 41.8 Å². The van der Waals surface area contributed by atoms with Crippen molar-refractivity contribution in [3.8, 4) is 11.1 Å². The molecule has 1 fully saturated rings. The van der Waals surface area contributed by atoms with Crippen molar-refractivity contribution in [2.24, 2.45) is 5.92 Å². The Hall–Kier alpha value is -3.35. The van der Waals surface area contributed by atoms with E-state index < -0.39 is 23.5 Å². The van der Waals surface area contributed by atoms with E-state index in [-0.39, 0.29) is 25.0 Å². The summed E-state index contributed by atoms with van der Waals surface area (Å²) in [5.74, 6) is -1.89. The third kappa shape index (κ3) is 4.79. The van der Waals surface area contributed by atoms with Gasteiger partial charge in [0.15, 0.2) is 0 Å². The summed E-state index contributed by atoms with van der Waals surface area (Å²) in [5.41, 5.74) is 3.38. The summed E-state index contributed by atoms with van der Waals surface area (Å²) in [4.78, 5) is 37.2. The molecule has 1 saturated carbocycles. The molecule has 7 nitrogen and oxygen atoms in total. The van der Waals surface area contributed by atoms with Crippen LogP contribution in [0.3, 0.4) is 0 Å². The van der Waals surface area contributed by atoms with Crippen LogP contribution in [-0.2, 0) is 14.3 Å². The number of carbonyl (C=O) groups is 3. The molecule has 1 unspecified atom stereocenters. The summed E-state index contributed by atoms with van der Waals surface area (Å²) >= 11 is 0. The van der Waals surface area contributed by atoms with Gasteiger partial charge in [-0.3, -0.25) is 4.79 Å². The van der Waals surface area contributed by atoms with Gasteiger partial charge in [-0.1, -0.05) is 74.7 Å². The zero-order valence-corrected chi connectivity index (χ0v) is 19.5. The van der Waals surface area contributed by atoms with Gasteiger partial charge >= 0.3 is 12.1 Å². The van der Waals surface area contributed by atoms with Crippen molar-refractivity contribution in [2.45, 2.75) is 56.9 Å². The molecule has 0 aromatic heterocycles. The van der Waals surface area contributed by atoms with Gasteiger partial charge in [0.1, 0.15) is 12.1 Å². The number of carboxylic acid groups (broad SMARTS) is 1. The number of aliphatic carboxylic acids is 1. The highest BCUT2D eigenvalue weighted by Gasteiger charge is 2.42. The van der Waals surface area contributed by atoms with Crippen LogP contribution in [0.4, 0.5) is 4.79 Å². The zero-order valence-electron chi connectivity index (χ0n) is 19.5.